The van der Waals surface area contributed by atoms with Gasteiger partial charge in [-0.05, 0) is 42.6 Å². The van der Waals surface area contributed by atoms with Crippen molar-refractivity contribution in [1.82, 2.24) is 15.4 Å². The van der Waals surface area contributed by atoms with Gasteiger partial charge in [0.1, 0.15) is 17.8 Å². The molecule has 11 heteroatoms. The van der Waals surface area contributed by atoms with E-state index in [0.29, 0.717) is 24.1 Å². The third-order valence-electron chi connectivity index (χ3n) is 6.43. The molecule has 2 heterocycles. The van der Waals surface area contributed by atoms with E-state index in [-0.39, 0.29) is 23.1 Å². The van der Waals surface area contributed by atoms with Crippen LogP contribution in [0.1, 0.15) is 47.4 Å². The number of Topliss-reactive ketones (excluding diaryl/α,β-unsaturated/α-hetero) is 1. The van der Waals surface area contributed by atoms with Crippen molar-refractivity contribution in [1.29, 1.82) is 5.41 Å². The summed E-state index contributed by atoms with van der Waals surface area (Å²) in [5, 5.41) is 13.5. The molecule has 1 fully saturated rings. The predicted octanol–water partition coefficient (Wildman–Crippen LogP) is 1.79. The van der Waals surface area contributed by atoms with E-state index in [1.807, 2.05) is 60.7 Å². The number of nitrogens with two attached hydrogens (primary N) is 1. The SMILES string of the molecule is CS(=O)(=O)N[C@@H](C(=O)NC(C(=O)[C@@H]1CCCN1)c1ccc(C(=N)N)o1)C(c1ccccc1)c1ccccc1. The van der Waals surface area contributed by atoms with Gasteiger partial charge in [0, 0.05) is 5.92 Å². The Morgan fingerprint density at radius 2 is 1.63 bits per heavy atom. The van der Waals surface area contributed by atoms with Crippen LogP contribution < -0.4 is 21.1 Å². The lowest BCUT2D eigenvalue weighted by Crippen LogP contribution is -2.52. The first kappa shape index (κ1) is 27.2. The monoisotopic (exact) mass is 537 g/mol. The molecule has 3 aromatic rings. The number of carbonyl (C=O) groups excluding carboxylic acids is 2. The Hall–Kier alpha value is -3.80. The Morgan fingerprint density at radius 3 is 2.11 bits per heavy atom. The molecule has 1 aliphatic rings. The van der Waals surface area contributed by atoms with Crippen molar-refractivity contribution in [2.24, 2.45) is 5.73 Å². The van der Waals surface area contributed by atoms with Crippen LogP contribution in [0.25, 0.3) is 0 Å². The van der Waals surface area contributed by atoms with Crippen molar-refractivity contribution in [2.45, 2.75) is 36.9 Å². The first-order chi connectivity index (χ1) is 18.1. The van der Waals surface area contributed by atoms with E-state index in [9.17, 15) is 18.0 Å². The summed E-state index contributed by atoms with van der Waals surface area (Å²) in [5.74, 6) is -1.88. The number of furan rings is 1. The topological polar surface area (TPSA) is 167 Å². The van der Waals surface area contributed by atoms with Gasteiger partial charge in [-0.2, -0.15) is 0 Å². The number of amidine groups is 1. The number of ketones is 1. The van der Waals surface area contributed by atoms with Gasteiger partial charge >= 0.3 is 0 Å². The maximum Gasteiger partial charge on any atom is 0.240 e. The number of rotatable bonds is 11. The van der Waals surface area contributed by atoms with Crippen LogP contribution in [0.2, 0.25) is 0 Å². The standard InChI is InChI=1S/C27H31N5O5S/c1-38(35,36)32-24(22(17-9-4-2-5-10-17)18-11-6-3-7-12-18)27(34)31-23(25(33)19-13-8-16-30-19)20-14-15-21(37-20)26(28)29/h2-7,9-12,14-15,19,22-24,30,32H,8,13,16H2,1H3,(H3,28,29)(H,31,34)/t19-,23?,24+/m0/s1. The maximum absolute atomic E-state index is 13.9. The quantitative estimate of drug-likeness (QED) is 0.184. The molecule has 1 aliphatic heterocycles. The average Bonchev–Trinajstić information content (AvgIpc) is 3.60. The number of hydrogen-bond acceptors (Lipinski definition) is 7. The first-order valence-corrected chi connectivity index (χ1v) is 14.1. The van der Waals surface area contributed by atoms with Crippen LogP contribution in [-0.2, 0) is 19.6 Å². The molecule has 1 unspecified atom stereocenters. The number of nitrogen functional groups attached to an aromatic ring is 1. The van der Waals surface area contributed by atoms with Gasteiger partial charge in [0.05, 0.1) is 12.3 Å². The Balaban J connectivity index is 1.75. The van der Waals surface area contributed by atoms with E-state index in [0.717, 1.165) is 12.7 Å². The Labute approximate surface area is 221 Å². The molecule has 4 rings (SSSR count). The second kappa shape index (κ2) is 11.7. The van der Waals surface area contributed by atoms with Gasteiger partial charge in [0.2, 0.25) is 15.9 Å². The van der Waals surface area contributed by atoms with Crippen molar-refractivity contribution >= 4 is 27.5 Å². The van der Waals surface area contributed by atoms with Crippen molar-refractivity contribution in [3.63, 3.8) is 0 Å². The molecule has 0 aliphatic carbocycles. The maximum atomic E-state index is 13.9. The summed E-state index contributed by atoms with van der Waals surface area (Å²) >= 11 is 0. The Morgan fingerprint density at radius 1 is 1.03 bits per heavy atom. The normalized spacial score (nSPS) is 17.2. The van der Waals surface area contributed by atoms with Gasteiger partial charge in [-0.15, -0.1) is 0 Å². The number of benzene rings is 2. The molecular formula is C27H31N5O5S. The van der Waals surface area contributed by atoms with E-state index in [1.54, 1.807) is 0 Å². The van der Waals surface area contributed by atoms with Crippen LogP contribution in [0, 0.1) is 5.41 Å². The summed E-state index contributed by atoms with van der Waals surface area (Å²) < 4.78 is 33.1. The molecule has 38 heavy (non-hydrogen) atoms. The van der Waals surface area contributed by atoms with Gasteiger partial charge in [-0.25, -0.2) is 13.1 Å². The van der Waals surface area contributed by atoms with Crippen molar-refractivity contribution in [3.8, 4) is 0 Å². The third kappa shape index (κ3) is 6.55. The zero-order chi connectivity index (χ0) is 27.3. The highest BCUT2D eigenvalue weighted by Crippen LogP contribution is 2.30. The number of carbonyl (C=O) groups is 2. The minimum Gasteiger partial charge on any atom is -0.455 e. The second-order valence-corrected chi connectivity index (χ2v) is 11.1. The Bertz CT molecular complexity index is 1350. The summed E-state index contributed by atoms with van der Waals surface area (Å²) in [6.07, 6.45) is 2.38. The lowest BCUT2D eigenvalue weighted by molar-refractivity contribution is -0.130. The summed E-state index contributed by atoms with van der Waals surface area (Å²) in [7, 11) is -3.85. The van der Waals surface area contributed by atoms with Gasteiger partial charge in [0.25, 0.3) is 0 Å². The molecule has 3 atom stereocenters. The minimum atomic E-state index is -3.85. The summed E-state index contributed by atoms with van der Waals surface area (Å²) in [6.45, 7) is 0.663. The third-order valence-corrected chi connectivity index (χ3v) is 7.11. The lowest BCUT2D eigenvalue weighted by atomic mass is 9.84. The molecule has 6 N–H and O–H groups in total. The highest BCUT2D eigenvalue weighted by Gasteiger charge is 2.38. The molecule has 10 nitrogen and oxygen atoms in total. The molecule has 0 radical (unpaired) electrons. The molecule has 2 aromatic carbocycles. The van der Waals surface area contributed by atoms with E-state index in [4.69, 9.17) is 15.6 Å². The lowest BCUT2D eigenvalue weighted by Gasteiger charge is -2.29. The van der Waals surface area contributed by atoms with E-state index < -0.39 is 40.0 Å². The van der Waals surface area contributed by atoms with E-state index in [2.05, 4.69) is 15.4 Å². The van der Waals surface area contributed by atoms with Crippen LogP contribution >= 0.6 is 0 Å². The first-order valence-electron chi connectivity index (χ1n) is 12.2. The van der Waals surface area contributed by atoms with Crippen molar-refractivity contribution < 1.29 is 22.4 Å². The number of hydrogen-bond donors (Lipinski definition) is 5. The summed E-state index contributed by atoms with van der Waals surface area (Å²) in [5.41, 5.74) is 6.97. The van der Waals surface area contributed by atoms with E-state index >= 15 is 0 Å². The zero-order valence-corrected chi connectivity index (χ0v) is 21.7. The molecule has 0 saturated carbocycles. The van der Waals surface area contributed by atoms with Crippen LogP contribution in [0.5, 0.6) is 0 Å². The molecular weight excluding hydrogens is 506 g/mol. The molecule has 0 bridgehead atoms. The van der Waals surface area contributed by atoms with Crippen molar-refractivity contribution in [2.75, 3.05) is 12.8 Å². The minimum absolute atomic E-state index is 0.0590. The predicted molar refractivity (Wildman–Crippen MR) is 143 cm³/mol. The fourth-order valence-corrected chi connectivity index (χ4v) is 5.40. The smallest absolute Gasteiger partial charge is 0.240 e. The highest BCUT2D eigenvalue weighted by molar-refractivity contribution is 7.88. The largest absolute Gasteiger partial charge is 0.455 e. The van der Waals surface area contributed by atoms with Crippen molar-refractivity contribution in [3.05, 3.63) is 95.4 Å². The molecule has 1 aromatic heterocycles. The molecule has 1 saturated heterocycles. The summed E-state index contributed by atoms with van der Waals surface area (Å²) in [4.78, 5) is 27.5. The second-order valence-electron chi connectivity index (χ2n) is 9.28. The molecule has 1 amide bonds. The molecule has 0 spiro atoms. The van der Waals surface area contributed by atoms with Crippen LogP contribution in [0.3, 0.4) is 0 Å². The fraction of sp³-hybridized carbons (Fsp3) is 0.296. The van der Waals surface area contributed by atoms with Crippen LogP contribution in [-0.4, -0.2) is 50.8 Å². The summed E-state index contributed by atoms with van der Waals surface area (Å²) in [6, 6.07) is 18.1. The Kier molecular flexibility index (Phi) is 8.40. The van der Waals surface area contributed by atoms with Gasteiger partial charge in [-0.3, -0.25) is 15.0 Å². The van der Waals surface area contributed by atoms with Crippen LogP contribution in [0.15, 0.2) is 77.2 Å². The zero-order valence-electron chi connectivity index (χ0n) is 20.9. The number of sulfonamides is 1. The number of nitrogens with one attached hydrogen (secondary N) is 4. The van der Waals surface area contributed by atoms with E-state index in [1.165, 1.54) is 12.1 Å². The highest BCUT2D eigenvalue weighted by atomic mass is 32.2. The van der Waals surface area contributed by atoms with Gasteiger partial charge < -0.3 is 20.8 Å². The average molecular weight is 538 g/mol. The number of amides is 1. The van der Waals surface area contributed by atoms with Gasteiger partial charge in [0.15, 0.2) is 17.4 Å². The molecule has 200 valence electrons. The fourth-order valence-electron chi connectivity index (χ4n) is 4.70. The van der Waals surface area contributed by atoms with Crippen LogP contribution in [0.4, 0.5) is 0 Å². The van der Waals surface area contributed by atoms with Gasteiger partial charge in [-0.1, -0.05) is 60.7 Å².